The maximum atomic E-state index is 14.3. The zero-order chi connectivity index (χ0) is 17.3. The molecule has 0 saturated carbocycles. The van der Waals surface area contributed by atoms with Crippen molar-refractivity contribution in [3.05, 3.63) is 59.7 Å². The summed E-state index contributed by atoms with van der Waals surface area (Å²) in [5.41, 5.74) is 1.09. The minimum Gasteiger partial charge on any atom is -0.481 e. The van der Waals surface area contributed by atoms with Crippen LogP contribution in [0, 0.1) is 17.6 Å². The smallest absolute Gasteiger partial charge is 0.308 e. The van der Waals surface area contributed by atoms with Crippen molar-refractivity contribution < 1.29 is 23.5 Å². The average Bonchev–Trinajstić information content (AvgIpc) is 3.05. The molecular formula is C18H15F2NO3. The molecule has 1 unspecified atom stereocenters. The molecule has 1 fully saturated rings. The Bertz CT molecular complexity index is 789. The van der Waals surface area contributed by atoms with Crippen LogP contribution >= 0.6 is 0 Å². The minimum atomic E-state index is -0.947. The molecule has 0 aliphatic carbocycles. The van der Waals surface area contributed by atoms with Crippen molar-refractivity contribution >= 4 is 11.9 Å². The number of carbonyl (C=O) groups is 2. The molecular weight excluding hydrogens is 316 g/mol. The Balaban J connectivity index is 1.81. The summed E-state index contributed by atoms with van der Waals surface area (Å²) < 4.78 is 27.3. The lowest BCUT2D eigenvalue weighted by atomic mass is 10.0. The molecule has 2 aromatic carbocycles. The lowest BCUT2D eigenvalue weighted by Crippen LogP contribution is -2.30. The fourth-order valence-electron chi connectivity index (χ4n) is 2.83. The van der Waals surface area contributed by atoms with Gasteiger partial charge >= 0.3 is 5.97 Å². The summed E-state index contributed by atoms with van der Waals surface area (Å²) in [6, 6.07) is 9.82. The van der Waals surface area contributed by atoms with E-state index in [0.29, 0.717) is 24.1 Å². The fourth-order valence-corrected chi connectivity index (χ4v) is 2.83. The Morgan fingerprint density at radius 1 is 1.04 bits per heavy atom. The van der Waals surface area contributed by atoms with Crippen LogP contribution in [0.4, 0.5) is 8.78 Å². The summed E-state index contributed by atoms with van der Waals surface area (Å²) in [5.74, 6) is -3.12. The molecule has 1 aliphatic heterocycles. The zero-order valence-electron chi connectivity index (χ0n) is 12.7. The largest absolute Gasteiger partial charge is 0.481 e. The number of amides is 1. The molecule has 4 nitrogen and oxygen atoms in total. The number of nitrogens with zero attached hydrogens (tertiary/aromatic N) is 1. The van der Waals surface area contributed by atoms with Crippen LogP contribution < -0.4 is 0 Å². The van der Waals surface area contributed by atoms with Crippen molar-refractivity contribution in [1.82, 2.24) is 4.90 Å². The van der Waals surface area contributed by atoms with Crippen LogP contribution in [0.1, 0.15) is 16.8 Å². The molecule has 1 amide bonds. The number of halogens is 2. The Kier molecular flexibility index (Phi) is 4.29. The van der Waals surface area contributed by atoms with E-state index in [1.807, 2.05) is 0 Å². The van der Waals surface area contributed by atoms with Crippen molar-refractivity contribution in [3.8, 4) is 11.1 Å². The lowest BCUT2D eigenvalue weighted by Gasteiger charge is -2.16. The van der Waals surface area contributed by atoms with Gasteiger partial charge in [0.25, 0.3) is 5.91 Å². The maximum absolute atomic E-state index is 14.3. The molecule has 1 heterocycles. The third kappa shape index (κ3) is 3.13. The van der Waals surface area contributed by atoms with Gasteiger partial charge in [-0.05, 0) is 41.8 Å². The van der Waals surface area contributed by atoms with E-state index in [0.717, 1.165) is 0 Å². The second kappa shape index (κ2) is 6.39. The van der Waals surface area contributed by atoms with Gasteiger partial charge in [0.2, 0.25) is 0 Å². The van der Waals surface area contributed by atoms with E-state index in [1.54, 1.807) is 6.07 Å². The summed E-state index contributed by atoms with van der Waals surface area (Å²) >= 11 is 0. The molecule has 0 bridgehead atoms. The van der Waals surface area contributed by atoms with Crippen LogP contribution in [0.3, 0.4) is 0 Å². The third-order valence-corrected chi connectivity index (χ3v) is 4.20. The summed E-state index contributed by atoms with van der Waals surface area (Å²) in [7, 11) is 0. The van der Waals surface area contributed by atoms with E-state index in [1.165, 1.54) is 41.3 Å². The van der Waals surface area contributed by atoms with E-state index >= 15 is 0 Å². The number of rotatable bonds is 3. The van der Waals surface area contributed by atoms with E-state index in [4.69, 9.17) is 5.11 Å². The minimum absolute atomic E-state index is 0.0906. The van der Waals surface area contributed by atoms with Gasteiger partial charge in [0.15, 0.2) is 0 Å². The fraction of sp³-hybridized carbons (Fsp3) is 0.222. The first kappa shape index (κ1) is 16.1. The molecule has 3 rings (SSSR count). The van der Waals surface area contributed by atoms with Gasteiger partial charge in [-0.3, -0.25) is 9.59 Å². The van der Waals surface area contributed by atoms with Gasteiger partial charge in [-0.2, -0.15) is 0 Å². The molecule has 0 aromatic heterocycles. The van der Waals surface area contributed by atoms with E-state index < -0.39 is 23.6 Å². The molecule has 0 spiro atoms. The van der Waals surface area contributed by atoms with E-state index in [2.05, 4.69) is 0 Å². The number of carboxylic acids is 1. The van der Waals surface area contributed by atoms with Crippen LogP contribution in [0.25, 0.3) is 11.1 Å². The Morgan fingerprint density at radius 2 is 1.71 bits per heavy atom. The summed E-state index contributed by atoms with van der Waals surface area (Å²) in [5, 5.41) is 8.98. The zero-order valence-corrected chi connectivity index (χ0v) is 12.7. The molecule has 2 aromatic rings. The van der Waals surface area contributed by atoms with Gasteiger partial charge in [0.1, 0.15) is 11.6 Å². The van der Waals surface area contributed by atoms with Gasteiger partial charge in [-0.15, -0.1) is 0 Å². The van der Waals surface area contributed by atoms with E-state index in [9.17, 15) is 18.4 Å². The Morgan fingerprint density at radius 3 is 2.29 bits per heavy atom. The number of likely N-dealkylation sites (tertiary alicyclic amines) is 1. The van der Waals surface area contributed by atoms with Gasteiger partial charge in [0, 0.05) is 13.1 Å². The first-order chi connectivity index (χ1) is 11.5. The molecule has 124 valence electrons. The van der Waals surface area contributed by atoms with Crippen LogP contribution in [0.2, 0.25) is 0 Å². The monoisotopic (exact) mass is 331 g/mol. The average molecular weight is 331 g/mol. The summed E-state index contributed by atoms with van der Waals surface area (Å²) in [6.07, 6.45) is 0.371. The topological polar surface area (TPSA) is 57.6 Å². The molecule has 0 radical (unpaired) electrons. The van der Waals surface area contributed by atoms with Crippen LogP contribution in [-0.2, 0) is 4.79 Å². The number of benzene rings is 2. The van der Waals surface area contributed by atoms with Gasteiger partial charge in [0.05, 0.1) is 11.5 Å². The first-order valence-electron chi connectivity index (χ1n) is 7.53. The van der Waals surface area contributed by atoms with Crippen LogP contribution in [0.5, 0.6) is 0 Å². The van der Waals surface area contributed by atoms with Crippen molar-refractivity contribution in [2.24, 2.45) is 5.92 Å². The molecule has 1 aliphatic rings. The predicted molar refractivity (Wildman–Crippen MR) is 83.4 cm³/mol. The Hall–Kier alpha value is -2.76. The molecule has 1 atom stereocenters. The normalized spacial score (nSPS) is 17.1. The van der Waals surface area contributed by atoms with Crippen molar-refractivity contribution in [2.75, 3.05) is 13.1 Å². The maximum Gasteiger partial charge on any atom is 0.308 e. The van der Waals surface area contributed by atoms with Crippen molar-refractivity contribution in [1.29, 1.82) is 0 Å². The number of aliphatic carboxylic acids is 1. The standard InChI is InChI=1S/C18H15F2NO3/c19-14-4-1-11(2-5-14)12-3-6-15(16(20)9-12)17(22)21-8-7-13(10-21)18(23)24/h1-6,9,13H,7-8,10H2,(H,23,24). The Labute approximate surface area is 137 Å². The number of carbonyl (C=O) groups excluding carboxylic acids is 1. The van der Waals surface area contributed by atoms with Crippen molar-refractivity contribution in [2.45, 2.75) is 6.42 Å². The van der Waals surface area contributed by atoms with Gasteiger partial charge < -0.3 is 10.0 Å². The third-order valence-electron chi connectivity index (χ3n) is 4.20. The number of carboxylic acid groups (broad SMARTS) is 1. The quantitative estimate of drug-likeness (QED) is 0.940. The van der Waals surface area contributed by atoms with E-state index in [-0.39, 0.29) is 17.9 Å². The predicted octanol–water partition coefficient (Wildman–Crippen LogP) is 3.18. The van der Waals surface area contributed by atoms with Crippen LogP contribution in [0.15, 0.2) is 42.5 Å². The highest BCUT2D eigenvalue weighted by molar-refractivity contribution is 5.95. The summed E-state index contributed by atoms with van der Waals surface area (Å²) in [4.78, 5) is 24.7. The number of hydrogen-bond acceptors (Lipinski definition) is 2. The van der Waals surface area contributed by atoms with Crippen molar-refractivity contribution in [3.63, 3.8) is 0 Å². The second-order valence-electron chi connectivity index (χ2n) is 5.78. The number of hydrogen-bond donors (Lipinski definition) is 1. The second-order valence-corrected chi connectivity index (χ2v) is 5.78. The molecule has 24 heavy (non-hydrogen) atoms. The molecule has 1 saturated heterocycles. The lowest BCUT2D eigenvalue weighted by molar-refractivity contribution is -0.141. The van der Waals surface area contributed by atoms with Gasteiger partial charge in [-0.1, -0.05) is 18.2 Å². The highest BCUT2D eigenvalue weighted by Gasteiger charge is 2.32. The summed E-state index contributed by atoms with van der Waals surface area (Å²) in [6.45, 7) is 0.391. The molecule has 6 heteroatoms. The van der Waals surface area contributed by atoms with Crippen LogP contribution in [-0.4, -0.2) is 35.0 Å². The SMILES string of the molecule is O=C(O)C1CCN(C(=O)c2ccc(-c3ccc(F)cc3)cc2F)C1. The molecule has 1 N–H and O–H groups in total. The van der Waals surface area contributed by atoms with Gasteiger partial charge in [-0.25, -0.2) is 8.78 Å². The first-order valence-corrected chi connectivity index (χ1v) is 7.53. The highest BCUT2D eigenvalue weighted by atomic mass is 19.1. The highest BCUT2D eigenvalue weighted by Crippen LogP contribution is 2.25.